The number of nitrogens with two attached hydrogens (primary N) is 2. The smallest absolute Gasteiger partial charge is 0.332 e. The Labute approximate surface area is 162 Å². The van der Waals surface area contributed by atoms with Crippen molar-refractivity contribution >= 4 is 17.5 Å². The van der Waals surface area contributed by atoms with Crippen LogP contribution in [0.25, 0.3) is 0 Å². The van der Waals surface area contributed by atoms with E-state index < -0.39 is 4.92 Å². The third-order valence-electron chi connectivity index (χ3n) is 5.34. The Kier molecular flexibility index (Phi) is 6.35. The number of benzene rings is 1. The molecule has 28 heavy (non-hydrogen) atoms. The number of nitrogen functional groups attached to an aromatic ring is 1. The van der Waals surface area contributed by atoms with E-state index in [0.29, 0.717) is 36.1 Å². The van der Waals surface area contributed by atoms with Gasteiger partial charge in [-0.1, -0.05) is 18.2 Å². The molecule has 1 aliphatic carbocycles. The average molecular weight is 388 g/mol. The van der Waals surface area contributed by atoms with Gasteiger partial charge in [0.25, 0.3) is 0 Å². The van der Waals surface area contributed by atoms with Crippen LogP contribution in [0.2, 0.25) is 0 Å². The summed E-state index contributed by atoms with van der Waals surface area (Å²) >= 11 is 0. The summed E-state index contributed by atoms with van der Waals surface area (Å²) < 4.78 is 13.8. The van der Waals surface area contributed by atoms with Crippen LogP contribution in [0.15, 0.2) is 24.3 Å². The molecule has 0 unspecified atom stereocenters. The fourth-order valence-corrected chi connectivity index (χ4v) is 3.70. The minimum atomic E-state index is -0.531. The Bertz CT molecular complexity index is 839. The van der Waals surface area contributed by atoms with Crippen molar-refractivity contribution in [3.8, 4) is 0 Å². The van der Waals surface area contributed by atoms with E-state index in [1.807, 2.05) is 0 Å². The van der Waals surface area contributed by atoms with Gasteiger partial charge in [-0.3, -0.25) is 10.1 Å². The van der Waals surface area contributed by atoms with Crippen LogP contribution in [-0.2, 0) is 13.0 Å². The van der Waals surface area contributed by atoms with Gasteiger partial charge in [0, 0.05) is 12.1 Å². The summed E-state index contributed by atoms with van der Waals surface area (Å²) in [4.78, 5) is 19.3. The van der Waals surface area contributed by atoms with Gasteiger partial charge in [-0.25, -0.2) is 9.37 Å². The van der Waals surface area contributed by atoms with Crippen LogP contribution in [0.4, 0.5) is 21.8 Å². The molecule has 1 aromatic heterocycles. The fraction of sp³-hybridized carbons (Fsp3) is 0.474. The van der Waals surface area contributed by atoms with Gasteiger partial charge in [-0.2, -0.15) is 4.98 Å². The highest BCUT2D eigenvalue weighted by atomic mass is 19.1. The molecule has 0 saturated heterocycles. The number of aromatic nitrogens is 2. The monoisotopic (exact) mass is 388 g/mol. The van der Waals surface area contributed by atoms with E-state index >= 15 is 0 Å². The van der Waals surface area contributed by atoms with E-state index in [4.69, 9.17) is 11.5 Å². The van der Waals surface area contributed by atoms with E-state index in [1.165, 1.54) is 6.07 Å². The number of hydrogen-bond acceptors (Lipinski definition) is 7. The maximum atomic E-state index is 13.8. The molecule has 150 valence electrons. The first kappa shape index (κ1) is 19.9. The van der Waals surface area contributed by atoms with Gasteiger partial charge < -0.3 is 16.8 Å². The van der Waals surface area contributed by atoms with Crippen molar-refractivity contribution in [2.45, 2.75) is 38.6 Å². The highest BCUT2D eigenvalue weighted by molar-refractivity contribution is 5.58. The summed E-state index contributed by atoms with van der Waals surface area (Å²) in [6.07, 6.45) is 4.43. The fourth-order valence-electron chi connectivity index (χ4n) is 3.70. The number of nitro groups is 1. The second-order valence-corrected chi connectivity index (χ2v) is 7.26. The first-order valence-corrected chi connectivity index (χ1v) is 9.46. The molecular formula is C19H25FN6O2. The molecule has 0 aliphatic heterocycles. The van der Waals surface area contributed by atoms with Gasteiger partial charge in [0.1, 0.15) is 11.5 Å². The summed E-state index contributed by atoms with van der Waals surface area (Å²) in [5.41, 5.74) is 12.1. The van der Waals surface area contributed by atoms with Crippen molar-refractivity contribution in [1.82, 2.24) is 9.97 Å². The molecule has 0 bridgehead atoms. The number of nitrogens with one attached hydrogen (secondary N) is 1. The zero-order valence-corrected chi connectivity index (χ0v) is 15.6. The van der Waals surface area contributed by atoms with Crippen LogP contribution < -0.4 is 16.8 Å². The largest absolute Gasteiger partial charge is 0.378 e. The Balaban J connectivity index is 1.77. The predicted octanol–water partition coefficient (Wildman–Crippen LogP) is 3.03. The van der Waals surface area contributed by atoms with Crippen LogP contribution in [0, 0.1) is 27.8 Å². The highest BCUT2D eigenvalue weighted by Gasteiger charge is 2.27. The lowest BCUT2D eigenvalue weighted by Crippen LogP contribution is -2.23. The third kappa shape index (κ3) is 4.72. The Morgan fingerprint density at radius 1 is 1.18 bits per heavy atom. The predicted molar refractivity (Wildman–Crippen MR) is 105 cm³/mol. The molecule has 1 fully saturated rings. The maximum Gasteiger partial charge on any atom is 0.332 e. The zero-order chi connectivity index (χ0) is 20.1. The quantitative estimate of drug-likeness (QED) is 0.490. The van der Waals surface area contributed by atoms with Gasteiger partial charge in [0.15, 0.2) is 0 Å². The van der Waals surface area contributed by atoms with Gasteiger partial charge in [-0.15, -0.1) is 0 Å². The van der Waals surface area contributed by atoms with Crippen molar-refractivity contribution in [2.24, 2.45) is 17.6 Å². The van der Waals surface area contributed by atoms with Crippen LogP contribution in [0.3, 0.4) is 0 Å². The second kappa shape index (κ2) is 8.92. The van der Waals surface area contributed by atoms with Gasteiger partial charge in [-0.05, 0) is 56.6 Å². The van der Waals surface area contributed by atoms with E-state index in [1.54, 1.807) is 18.2 Å². The third-order valence-corrected chi connectivity index (χ3v) is 5.34. The summed E-state index contributed by atoms with van der Waals surface area (Å²) in [5, 5.41) is 14.4. The van der Waals surface area contributed by atoms with Gasteiger partial charge in [0.05, 0.1) is 4.92 Å². The summed E-state index contributed by atoms with van der Waals surface area (Å²) in [6, 6.07) is 6.35. The minimum absolute atomic E-state index is 0.158. The van der Waals surface area contributed by atoms with E-state index in [2.05, 4.69) is 15.3 Å². The first-order valence-electron chi connectivity index (χ1n) is 9.46. The van der Waals surface area contributed by atoms with Crippen molar-refractivity contribution in [1.29, 1.82) is 0 Å². The molecule has 0 spiro atoms. The molecule has 3 rings (SSSR count). The normalized spacial score (nSPS) is 19.4. The van der Waals surface area contributed by atoms with Crippen molar-refractivity contribution in [2.75, 3.05) is 17.6 Å². The Morgan fingerprint density at radius 2 is 1.86 bits per heavy atom. The number of nitrogens with zero attached hydrogens (tertiary/aromatic N) is 3. The molecule has 1 aliphatic rings. The van der Waals surface area contributed by atoms with Gasteiger partial charge in [0.2, 0.25) is 11.8 Å². The molecule has 9 heteroatoms. The minimum Gasteiger partial charge on any atom is -0.378 e. The Morgan fingerprint density at radius 3 is 2.50 bits per heavy atom. The molecule has 0 atom stereocenters. The van der Waals surface area contributed by atoms with E-state index in [0.717, 1.165) is 25.7 Å². The number of halogens is 1. The molecule has 5 N–H and O–H groups in total. The van der Waals surface area contributed by atoms with Gasteiger partial charge >= 0.3 is 5.69 Å². The number of anilines is 2. The number of hydrogen-bond donors (Lipinski definition) is 3. The van der Waals surface area contributed by atoms with Crippen LogP contribution >= 0.6 is 0 Å². The maximum absolute atomic E-state index is 13.8. The van der Waals surface area contributed by atoms with Crippen LogP contribution in [0.5, 0.6) is 0 Å². The molecule has 1 aromatic carbocycles. The first-order chi connectivity index (χ1) is 13.5. The summed E-state index contributed by atoms with van der Waals surface area (Å²) in [7, 11) is 0. The van der Waals surface area contributed by atoms with Crippen LogP contribution in [-0.4, -0.2) is 21.4 Å². The topological polar surface area (TPSA) is 133 Å². The van der Waals surface area contributed by atoms with Crippen molar-refractivity contribution in [3.05, 3.63) is 51.5 Å². The zero-order valence-electron chi connectivity index (χ0n) is 15.6. The summed E-state index contributed by atoms with van der Waals surface area (Å²) in [6.45, 7) is 0.836. The van der Waals surface area contributed by atoms with Crippen molar-refractivity contribution in [3.63, 3.8) is 0 Å². The number of rotatable bonds is 7. The molecule has 8 nitrogen and oxygen atoms in total. The van der Waals surface area contributed by atoms with Crippen molar-refractivity contribution < 1.29 is 9.31 Å². The highest BCUT2D eigenvalue weighted by Crippen LogP contribution is 2.34. The lowest BCUT2D eigenvalue weighted by atomic mass is 9.80. The van der Waals surface area contributed by atoms with E-state index in [9.17, 15) is 14.5 Å². The average Bonchev–Trinajstić information content (AvgIpc) is 2.67. The standard InChI is InChI=1S/C19H25FN6O2/c20-15-4-2-1-3-14(15)11-23-19-24-16(17(26(27)28)18(22)25-19)9-12-5-7-13(10-21)8-6-12/h1-4,12-13H,5-11,21H2,(H3,22,23,24,25). The second-order valence-electron chi connectivity index (χ2n) is 7.26. The lowest BCUT2D eigenvalue weighted by Gasteiger charge is -2.27. The molecule has 1 heterocycles. The molecule has 0 amide bonds. The Hall–Kier alpha value is -2.81. The lowest BCUT2D eigenvalue weighted by molar-refractivity contribution is -0.385. The molecule has 1 saturated carbocycles. The van der Waals surface area contributed by atoms with E-state index in [-0.39, 0.29) is 29.8 Å². The summed E-state index contributed by atoms with van der Waals surface area (Å²) in [5.74, 6) is 0.468. The molecule has 2 aromatic rings. The van der Waals surface area contributed by atoms with Crippen LogP contribution in [0.1, 0.15) is 36.9 Å². The SMILES string of the molecule is NCC1CCC(Cc2nc(NCc3ccccc3F)nc(N)c2[N+](=O)[O-])CC1. The molecular weight excluding hydrogens is 363 g/mol. The molecule has 0 radical (unpaired) electrons.